The average Bonchev–Trinajstić information content (AvgIpc) is 3.08. The zero-order chi connectivity index (χ0) is 12.5. The third kappa shape index (κ3) is 2.47. The molecular weight excluding hydrogens is 244 g/mol. The lowest BCUT2D eigenvalue weighted by Crippen LogP contribution is -2.30. The van der Waals surface area contributed by atoms with Crippen LogP contribution in [0.15, 0.2) is 12.4 Å². The summed E-state index contributed by atoms with van der Waals surface area (Å²) in [4.78, 5) is 13.3. The van der Waals surface area contributed by atoms with Crippen LogP contribution in [-0.4, -0.2) is 36.1 Å². The fourth-order valence-corrected chi connectivity index (χ4v) is 2.94. The van der Waals surface area contributed by atoms with E-state index in [0.29, 0.717) is 0 Å². The van der Waals surface area contributed by atoms with Crippen molar-refractivity contribution in [1.82, 2.24) is 15.3 Å². The van der Waals surface area contributed by atoms with Crippen LogP contribution in [-0.2, 0) is 0 Å². The highest BCUT2D eigenvalue weighted by molar-refractivity contribution is 7.18. The van der Waals surface area contributed by atoms with Crippen molar-refractivity contribution in [3.63, 3.8) is 0 Å². The molecule has 0 aromatic carbocycles. The number of hydrogen-bond acceptors (Lipinski definition) is 5. The first-order valence-corrected chi connectivity index (χ1v) is 7.21. The molecule has 4 nitrogen and oxygen atoms in total. The van der Waals surface area contributed by atoms with Gasteiger partial charge in [0.1, 0.15) is 17.0 Å². The van der Waals surface area contributed by atoms with E-state index in [0.717, 1.165) is 29.8 Å². The van der Waals surface area contributed by atoms with Gasteiger partial charge in [-0.05, 0) is 25.8 Å². The monoisotopic (exact) mass is 262 g/mol. The molecule has 1 saturated carbocycles. The molecular formula is C13H18N4S. The highest BCUT2D eigenvalue weighted by Gasteiger charge is 2.20. The number of likely N-dealkylation sites (N-methyl/N-ethyl adjacent to an activating group) is 1. The summed E-state index contributed by atoms with van der Waals surface area (Å²) in [6.45, 7) is 4.12. The summed E-state index contributed by atoms with van der Waals surface area (Å²) >= 11 is 1.73. The van der Waals surface area contributed by atoms with Gasteiger partial charge in [0, 0.05) is 31.1 Å². The maximum absolute atomic E-state index is 4.43. The first-order valence-electron chi connectivity index (χ1n) is 6.39. The third-order valence-electron chi connectivity index (χ3n) is 3.25. The second kappa shape index (κ2) is 4.82. The largest absolute Gasteiger partial charge is 0.358 e. The SMILES string of the molecule is Cc1cc2c(N(C)CCNC3CC3)ncnc2s1. The molecule has 1 aliphatic carbocycles. The van der Waals surface area contributed by atoms with Gasteiger partial charge in [0.2, 0.25) is 0 Å². The second-order valence-corrected chi connectivity index (χ2v) is 6.16. The van der Waals surface area contributed by atoms with E-state index in [9.17, 15) is 0 Å². The van der Waals surface area contributed by atoms with Gasteiger partial charge in [0.25, 0.3) is 0 Å². The summed E-state index contributed by atoms with van der Waals surface area (Å²) in [6.07, 6.45) is 4.34. The van der Waals surface area contributed by atoms with E-state index in [1.165, 1.54) is 23.1 Å². The molecule has 0 saturated heterocycles. The van der Waals surface area contributed by atoms with Crippen molar-refractivity contribution in [1.29, 1.82) is 0 Å². The number of hydrogen-bond donors (Lipinski definition) is 1. The number of thiophene rings is 1. The van der Waals surface area contributed by atoms with Crippen LogP contribution < -0.4 is 10.2 Å². The fraction of sp³-hybridized carbons (Fsp3) is 0.538. The van der Waals surface area contributed by atoms with Gasteiger partial charge >= 0.3 is 0 Å². The Morgan fingerprint density at radius 2 is 2.28 bits per heavy atom. The van der Waals surface area contributed by atoms with Crippen LogP contribution >= 0.6 is 11.3 Å². The first kappa shape index (κ1) is 11.9. The standard InChI is InChI=1S/C13H18N4S/c1-9-7-11-12(15-8-16-13(11)18-9)17(2)6-5-14-10-3-4-10/h7-8,10,14H,3-6H2,1-2H3. The lowest BCUT2D eigenvalue weighted by Gasteiger charge is -2.18. The Morgan fingerprint density at radius 3 is 3.06 bits per heavy atom. The van der Waals surface area contributed by atoms with Gasteiger partial charge < -0.3 is 10.2 Å². The number of nitrogens with zero attached hydrogens (tertiary/aromatic N) is 3. The van der Waals surface area contributed by atoms with Gasteiger partial charge in [0.05, 0.1) is 5.39 Å². The van der Waals surface area contributed by atoms with Gasteiger partial charge in [-0.2, -0.15) is 0 Å². The molecule has 0 amide bonds. The molecule has 5 heteroatoms. The Labute approximate surface area is 111 Å². The Morgan fingerprint density at radius 1 is 1.44 bits per heavy atom. The smallest absolute Gasteiger partial charge is 0.140 e. The van der Waals surface area contributed by atoms with Crippen LogP contribution in [0.2, 0.25) is 0 Å². The highest BCUT2D eigenvalue weighted by Crippen LogP contribution is 2.29. The predicted molar refractivity (Wildman–Crippen MR) is 76.4 cm³/mol. The zero-order valence-corrected chi connectivity index (χ0v) is 11.6. The molecule has 1 N–H and O–H groups in total. The summed E-state index contributed by atoms with van der Waals surface area (Å²) in [5.41, 5.74) is 0. The molecule has 0 atom stereocenters. The summed E-state index contributed by atoms with van der Waals surface area (Å²) < 4.78 is 0. The number of anilines is 1. The van der Waals surface area contributed by atoms with Crippen molar-refractivity contribution in [2.24, 2.45) is 0 Å². The van der Waals surface area contributed by atoms with Gasteiger partial charge in [-0.1, -0.05) is 0 Å². The Balaban J connectivity index is 1.74. The third-order valence-corrected chi connectivity index (χ3v) is 4.21. The van der Waals surface area contributed by atoms with E-state index in [2.05, 4.69) is 40.2 Å². The lowest BCUT2D eigenvalue weighted by molar-refractivity contribution is 0.673. The van der Waals surface area contributed by atoms with E-state index in [4.69, 9.17) is 0 Å². The Kier molecular flexibility index (Phi) is 3.18. The normalized spacial score (nSPS) is 15.2. The summed E-state index contributed by atoms with van der Waals surface area (Å²) in [5.74, 6) is 1.04. The average molecular weight is 262 g/mol. The minimum absolute atomic E-state index is 0.771. The summed E-state index contributed by atoms with van der Waals surface area (Å²) in [5, 5.41) is 4.70. The predicted octanol–water partition coefficient (Wildman–Crippen LogP) is 2.19. The van der Waals surface area contributed by atoms with Crippen LogP contribution in [0.25, 0.3) is 10.2 Å². The molecule has 2 aromatic heterocycles. The Hall–Kier alpha value is -1.20. The molecule has 18 heavy (non-hydrogen) atoms. The van der Waals surface area contributed by atoms with E-state index in [-0.39, 0.29) is 0 Å². The topological polar surface area (TPSA) is 41.0 Å². The molecule has 0 radical (unpaired) electrons. The van der Waals surface area contributed by atoms with Crippen molar-refractivity contribution < 1.29 is 0 Å². The molecule has 0 unspecified atom stereocenters. The molecule has 2 aromatic rings. The van der Waals surface area contributed by atoms with Crippen LogP contribution in [0.3, 0.4) is 0 Å². The van der Waals surface area contributed by atoms with Crippen LogP contribution in [0, 0.1) is 6.92 Å². The van der Waals surface area contributed by atoms with Gasteiger partial charge in [-0.25, -0.2) is 9.97 Å². The summed E-state index contributed by atoms with van der Waals surface area (Å²) in [6, 6.07) is 2.95. The van der Waals surface area contributed by atoms with Crippen molar-refractivity contribution in [2.75, 3.05) is 25.0 Å². The highest BCUT2D eigenvalue weighted by atomic mass is 32.1. The van der Waals surface area contributed by atoms with Gasteiger partial charge in [0.15, 0.2) is 0 Å². The summed E-state index contributed by atoms with van der Waals surface area (Å²) in [7, 11) is 2.10. The van der Waals surface area contributed by atoms with Crippen molar-refractivity contribution in [3.05, 3.63) is 17.3 Å². The number of nitrogens with one attached hydrogen (secondary N) is 1. The van der Waals surface area contributed by atoms with Crippen LogP contribution in [0.4, 0.5) is 5.82 Å². The van der Waals surface area contributed by atoms with Crippen molar-refractivity contribution in [3.8, 4) is 0 Å². The maximum atomic E-state index is 4.43. The van der Waals surface area contributed by atoms with E-state index < -0.39 is 0 Å². The maximum Gasteiger partial charge on any atom is 0.140 e. The van der Waals surface area contributed by atoms with Gasteiger partial charge in [-0.3, -0.25) is 0 Å². The lowest BCUT2D eigenvalue weighted by atomic mass is 10.3. The molecule has 2 heterocycles. The first-order chi connectivity index (χ1) is 8.74. The number of aromatic nitrogens is 2. The number of fused-ring (bicyclic) bond motifs is 1. The number of rotatable bonds is 5. The van der Waals surface area contributed by atoms with Crippen LogP contribution in [0.5, 0.6) is 0 Å². The van der Waals surface area contributed by atoms with Crippen molar-refractivity contribution in [2.45, 2.75) is 25.8 Å². The molecule has 96 valence electrons. The van der Waals surface area contributed by atoms with E-state index >= 15 is 0 Å². The molecule has 3 rings (SSSR count). The quantitative estimate of drug-likeness (QED) is 0.897. The molecule has 1 fully saturated rings. The zero-order valence-electron chi connectivity index (χ0n) is 10.8. The second-order valence-electron chi connectivity index (χ2n) is 4.92. The molecule has 0 spiro atoms. The number of aryl methyl sites for hydroxylation is 1. The Bertz CT molecular complexity index is 547. The van der Waals surface area contributed by atoms with E-state index in [1.807, 2.05) is 0 Å². The molecule has 0 bridgehead atoms. The fourth-order valence-electron chi connectivity index (χ4n) is 2.10. The molecule has 0 aliphatic heterocycles. The minimum atomic E-state index is 0.771. The van der Waals surface area contributed by atoms with E-state index in [1.54, 1.807) is 17.7 Å². The van der Waals surface area contributed by atoms with Gasteiger partial charge in [-0.15, -0.1) is 11.3 Å². The van der Waals surface area contributed by atoms with Crippen molar-refractivity contribution >= 4 is 27.4 Å². The minimum Gasteiger partial charge on any atom is -0.358 e. The van der Waals surface area contributed by atoms with Crippen LogP contribution in [0.1, 0.15) is 17.7 Å². The molecule has 1 aliphatic rings.